The maximum absolute atomic E-state index is 11.2. The first-order valence-electron chi connectivity index (χ1n) is 4.19. The zero-order valence-electron chi connectivity index (χ0n) is 7.71. The third-order valence-electron chi connectivity index (χ3n) is 1.96. The molecule has 1 aliphatic heterocycles. The van der Waals surface area contributed by atoms with Crippen molar-refractivity contribution in [3.63, 3.8) is 0 Å². The highest BCUT2D eigenvalue weighted by atomic mass is 35.5. The molecule has 1 aliphatic rings. The summed E-state index contributed by atoms with van der Waals surface area (Å²) in [7, 11) is 0. The molecule has 1 unspecified atom stereocenters. The summed E-state index contributed by atoms with van der Waals surface area (Å²) in [5, 5.41) is 0.690. The standard InChI is InChI=1S/C9H5Cl3N2OS/c10-4-2-1-3(5(11)6(4)12)9-14-8(15)7(13)16-9/h1-2,7H,13H2. The number of amides is 1. The molecule has 2 rings (SSSR count). The SMILES string of the molecule is NC1SC(c2ccc(Cl)c(Cl)c2Cl)=NC1=O. The van der Waals surface area contributed by atoms with Crippen molar-refractivity contribution in [1.82, 2.24) is 0 Å². The summed E-state index contributed by atoms with van der Waals surface area (Å²) in [6, 6.07) is 3.26. The van der Waals surface area contributed by atoms with Crippen LogP contribution in [-0.4, -0.2) is 16.3 Å². The van der Waals surface area contributed by atoms with E-state index in [-0.39, 0.29) is 16.0 Å². The lowest BCUT2D eigenvalue weighted by molar-refractivity contribution is -0.117. The Labute approximate surface area is 111 Å². The average Bonchev–Trinajstić information content (AvgIpc) is 2.56. The van der Waals surface area contributed by atoms with Crippen LogP contribution >= 0.6 is 46.6 Å². The van der Waals surface area contributed by atoms with Gasteiger partial charge < -0.3 is 5.73 Å². The van der Waals surface area contributed by atoms with Crippen molar-refractivity contribution in [1.29, 1.82) is 0 Å². The van der Waals surface area contributed by atoms with Gasteiger partial charge in [-0.3, -0.25) is 4.79 Å². The Bertz CT molecular complexity index is 504. The lowest BCUT2D eigenvalue weighted by Gasteiger charge is -2.06. The van der Waals surface area contributed by atoms with Crippen LogP contribution in [0.4, 0.5) is 0 Å². The van der Waals surface area contributed by atoms with Gasteiger partial charge in [-0.1, -0.05) is 46.6 Å². The van der Waals surface area contributed by atoms with Gasteiger partial charge in [0.1, 0.15) is 10.4 Å². The molecule has 0 radical (unpaired) electrons. The molecule has 84 valence electrons. The predicted octanol–water partition coefficient (Wildman–Crippen LogP) is 2.95. The lowest BCUT2D eigenvalue weighted by Crippen LogP contribution is -2.21. The van der Waals surface area contributed by atoms with Gasteiger partial charge in [0, 0.05) is 5.56 Å². The van der Waals surface area contributed by atoms with Crippen LogP contribution in [0.2, 0.25) is 15.1 Å². The van der Waals surface area contributed by atoms with Gasteiger partial charge in [-0.15, -0.1) is 0 Å². The summed E-state index contributed by atoms with van der Waals surface area (Å²) in [6.45, 7) is 0. The quantitative estimate of drug-likeness (QED) is 0.810. The van der Waals surface area contributed by atoms with Crippen molar-refractivity contribution in [2.45, 2.75) is 5.37 Å². The average molecular weight is 296 g/mol. The predicted molar refractivity (Wildman–Crippen MR) is 68.6 cm³/mol. The Morgan fingerprint density at radius 1 is 1.25 bits per heavy atom. The molecule has 2 N–H and O–H groups in total. The number of rotatable bonds is 1. The number of hydrogen-bond acceptors (Lipinski definition) is 3. The Morgan fingerprint density at radius 2 is 1.94 bits per heavy atom. The summed E-state index contributed by atoms with van der Waals surface area (Å²) >= 11 is 18.8. The first-order chi connectivity index (χ1) is 7.50. The monoisotopic (exact) mass is 294 g/mol. The van der Waals surface area contributed by atoms with E-state index in [1.807, 2.05) is 0 Å². The number of halogens is 3. The van der Waals surface area contributed by atoms with Crippen LogP contribution in [0.15, 0.2) is 17.1 Å². The van der Waals surface area contributed by atoms with Gasteiger partial charge >= 0.3 is 0 Å². The van der Waals surface area contributed by atoms with Crippen LogP contribution in [0.25, 0.3) is 0 Å². The summed E-state index contributed by atoms with van der Waals surface area (Å²) in [5.41, 5.74) is 6.09. The molecule has 1 atom stereocenters. The molecule has 0 saturated heterocycles. The van der Waals surface area contributed by atoms with Crippen molar-refractivity contribution in [2.75, 3.05) is 0 Å². The van der Waals surface area contributed by atoms with Crippen LogP contribution in [0, 0.1) is 0 Å². The number of aliphatic imine (C=N–C) groups is 1. The second kappa shape index (κ2) is 4.55. The fraction of sp³-hybridized carbons (Fsp3) is 0.111. The number of benzene rings is 1. The molecule has 0 spiro atoms. The van der Waals surface area contributed by atoms with Gasteiger partial charge in [-0.2, -0.15) is 0 Å². The van der Waals surface area contributed by atoms with E-state index in [2.05, 4.69) is 4.99 Å². The number of hydrogen-bond donors (Lipinski definition) is 1. The Hall–Kier alpha value is -0.260. The van der Waals surface area contributed by atoms with Crippen molar-refractivity contribution in [2.24, 2.45) is 10.7 Å². The van der Waals surface area contributed by atoms with Crippen molar-refractivity contribution < 1.29 is 4.79 Å². The molecule has 1 heterocycles. The van der Waals surface area contributed by atoms with Gasteiger partial charge in [0.25, 0.3) is 5.91 Å². The maximum Gasteiger partial charge on any atom is 0.274 e. The second-order valence-corrected chi connectivity index (χ2v) is 5.31. The minimum absolute atomic E-state index is 0.247. The maximum atomic E-state index is 11.2. The number of nitrogens with two attached hydrogens (primary N) is 1. The highest BCUT2D eigenvalue weighted by Gasteiger charge is 2.27. The molecule has 0 saturated carbocycles. The summed E-state index contributed by atoms with van der Waals surface area (Å²) in [4.78, 5) is 15.0. The lowest BCUT2D eigenvalue weighted by atomic mass is 10.2. The van der Waals surface area contributed by atoms with E-state index in [0.717, 1.165) is 11.8 Å². The molecule has 0 bridgehead atoms. The number of nitrogens with zero attached hydrogens (tertiary/aromatic N) is 1. The fourth-order valence-electron chi connectivity index (χ4n) is 1.18. The van der Waals surface area contributed by atoms with Crippen molar-refractivity contribution in [3.05, 3.63) is 32.8 Å². The minimum Gasteiger partial charge on any atom is -0.311 e. The number of thioether (sulfide) groups is 1. The van der Waals surface area contributed by atoms with Crippen molar-refractivity contribution in [3.8, 4) is 0 Å². The number of carbonyl (C=O) groups excluding carboxylic acids is 1. The van der Waals surface area contributed by atoms with E-state index in [4.69, 9.17) is 40.5 Å². The van der Waals surface area contributed by atoms with Crippen molar-refractivity contribution >= 4 is 57.5 Å². The molecule has 16 heavy (non-hydrogen) atoms. The molecule has 0 fully saturated rings. The Kier molecular flexibility index (Phi) is 3.47. The van der Waals surface area contributed by atoms with Crippen LogP contribution in [0.3, 0.4) is 0 Å². The van der Waals surface area contributed by atoms with E-state index in [0.29, 0.717) is 15.6 Å². The summed E-state index contributed by atoms with van der Waals surface area (Å²) in [6.07, 6.45) is 0. The summed E-state index contributed by atoms with van der Waals surface area (Å²) in [5.74, 6) is -0.373. The molecule has 1 aromatic carbocycles. The van der Waals surface area contributed by atoms with Crippen LogP contribution in [0.1, 0.15) is 5.56 Å². The van der Waals surface area contributed by atoms with E-state index in [9.17, 15) is 4.79 Å². The minimum atomic E-state index is -0.666. The smallest absolute Gasteiger partial charge is 0.274 e. The third-order valence-corrected chi connectivity index (χ3v) is 4.24. The Morgan fingerprint density at radius 3 is 2.50 bits per heavy atom. The number of carbonyl (C=O) groups is 1. The zero-order chi connectivity index (χ0) is 11.9. The molecule has 7 heteroatoms. The Balaban J connectivity index is 2.47. The first kappa shape index (κ1) is 12.2. The van der Waals surface area contributed by atoms with Crippen LogP contribution in [0.5, 0.6) is 0 Å². The molecule has 0 aromatic heterocycles. The van der Waals surface area contributed by atoms with E-state index in [1.165, 1.54) is 0 Å². The fourth-order valence-corrected chi connectivity index (χ4v) is 2.69. The van der Waals surface area contributed by atoms with E-state index >= 15 is 0 Å². The van der Waals surface area contributed by atoms with E-state index in [1.54, 1.807) is 12.1 Å². The molecule has 0 aliphatic carbocycles. The normalized spacial score (nSPS) is 20.1. The molecular formula is C9H5Cl3N2OS. The van der Waals surface area contributed by atoms with Crippen LogP contribution in [-0.2, 0) is 4.79 Å². The van der Waals surface area contributed by atoms with Gasteiger partial charge in [-0.25, -0.2) is 4.99 Å². The molecule has 1 amide bonds. The largest absolute Gasteiger partial charge is 0.311 e. The zero-order valence-corrected chi connectivity index (χ0v) is 10.8. The van der Waals surface area contributed by atoms with Gasteiger partial charge in [0.2, 0.25) is 0 Å². The third kappa shape index (κ3) is 2.08. The molecular weight excluding hydrogens is 291 g/mol. The second-order valence-electron chi connectivity index (χ2n) is 3.02. The molecule has 3 nitrogen and oxygen atoms in total. The highest BCUT2D eigenvalue weighted by Crippen LogP contribution is 2.36. The van der Waals surface area contributed by atoms with E-state index < -0.39 is 5.37 Å². The van der Waals surface area contributed by atoms with Gasteiger partial charge in [-0.05, 0) is 12.1 Å². The van der Waals surface area contributed by atoms with Gasteiger partial charge in [0.15, 0.2) is 0 Å². The topological polar surface area (TPSA) is 55.4 Å². The first-order valence-corrected chi connectivity index (χ1v) is 6.20. The molecule has 1 aromatic rings. The summed E-state index contributed by atoms with van der Waals surface area (Å²) < 4.78 is 0. The highest BCUT2D eigenvalue weighted by molar-refractivity contribution is 8.16. The van der Waals surface area contributed by atoms with Crippen LogP contribution < -0.4 is 5.73 Å². The van der Waals surface area contributed by atoms with Gasteiger partial charge in [0.05, 0.1) is 15.1 Å².